The fourth-order valence-electron chi connectivity index (χ4n) is 3.53. The topological polar surface area (TPSA) is 100 Å². The molecule has 0 unspecified atom stereocenters. The summed E-state index contributed by atoms with van der Waals surface area (Å²) in [6.45, 7) is 19.0. The number of hydrogen-bond donors (Lipinski definition) is 0. The maximum atomic E-state index is 9.01. The van der Waals surface area contributed by atoms with Crippen molar-refractivity contribution in [2.24, 2.45) is 5.92 Å². The molecule has 0 amide bonds. The van der Waals surface area contributed by atoms with E-state index in [2.05, 4.69) is 33.1 Å². The summed E-state index contributed by atoms with van der Waals surface area (Å²) < 4.78 is 14.2. The van der Waals surface area contributed by atoms with Gasteiger partial charge in [-0.1, -0.05) is 13.8 Å². The summed E-state index contributed by atoms with van der Waals surface area (Å²) in [5.74, 6) is 2.64. The van der Waals surface area contributed by atoms with Gasteiger partial charge in [0.15, 0.2) is 22.3 Å². The molecule has 9 heteroatoms. The Bertz CT molecular complexity index is 1610. The molecule has 0 N–H and O–H groups in total. The largest absolute Gasteiger partial charge is 0.456 e. The van der Waals surface area contributed by atoms with Crippen molar-refractivity contribution in [2.45, 2.75) is 20.4 Å². The van der Waals surface area contributed by atoms with Crippen molar-refractivity contribution >= 4 is 23.5 Å². The van der Waals surface area contributed by atoms with E-state index in [1.165, 1.54) is 23.5 Å². The van der Waals surface area contributed by atoms with Crippen molar-refractivity contribution in [3.8, 4) is 45.8 Å². The number of furan rings is 2. The van der Waals surface area contributed by atoms with E-state index in [4.69, 9.17) is 32.5 Å². The summed E-state index contributed by atoms with van der Waals surface area (Å²) >= 11 is 1.33. The van der Waals surface area contributed by atoms with Gasteiger partial charge in [-0.25, -0.2) is 25.2 Å². The molecule has 0 aliphatic heterocycles. The van der Waals surface area contributed by atoms with Crippen LogP contribution in [0.2, 0.25) is 0 Å². The molecule has 4 aromatic heterocycles. The smallest absolute Gasteiger partial charge is 0.265 e. The van der Waals surface area contributed by atoms with E-state index in [0.717, 1.165) is 11.4 Å². The molecule has 0 fully saturated rings. The van der Waals surface area contributed by atoms with Gasteiger partial charge < -0.3 is 13.4 Å². The molecule has 36 heavy (non-hydrogen) atoms. The Kier molecular flexibility index (Phi) is 6.98. The van der Waals surface area contributed by atoms with Gasteiger partial charge in [-0.05, 0) is 54.5 Å². The van der Waals surface area contributed by atoms with Gasteiger partial charge >= 0.3 is 0 Å². The normalized spacial score (nSPS) is 11.6. The molecule has 0 aliphatic carbocycles. The Hall–Kier alpha value is -5.09. The highest BCUT2D eigenvalue weighted by Crippen LogP contribution is 2.35. The van der Waals surface area contributed by atoms with Crippen molar-refractivity contribution in [3.05, 3.63) is 87.5 Å². The highest BCUT2D eigenvalue weighted by Gasteiger charge is 2.19. The lowest BCUT2D eigenvalue weighted by Crippen LogP contribution is -2.07. The summed E-state index contributed by atoms with van der Waals surface area (Å²) in [5, 5.41) is 18.6. The van der Waals surface area contributed by atoms with E-state index >= 15 is 0 Å². The van der Waals surface area contributed by atoms with E-state index in [9.17, 15) is 0 Å². The summed E-state index contributed by atoms with van der Waals surface area (Å²) in [5.41, 5.74) is 1.67. The van der Waals surface area contributed by atoms with Crippen LogP contribution in [0.3, 0.4) is 0 Å². The summed E-state index contributed by atoms with van der Waals surface area (Å²) in [6, 6.07) is 14.9. The van der Waals surface area contributed by atoms with Crippen LogP contribution in [0.25, 0.3) is 55.5 Å². The number of allylic oxidation sites excluding steroid dienone is 2. The average Bonchev–Trinajstić information content (AvgIpc) is 3.67. The third-order valence-electron chi connectivity index (χ3n) is 5.03. The predicted octanol–water partition coefficient (Wildman–Crippen LogP) is 7.36. The summed E-state index contributed by atoms with van der Waals surface area (Å²) in [4.78, 5) is 11.4. The highest BCUT2D eigenvalue weighted by molar-refractivity contribution is 7.15. The molecule has 0 saturated heterocycles. The van der Waals surface area contributed by atoms with Crippen molar-refractivity contribution in [3.63, 3.8) is 0 Å². The van der Waals surface area contributed by atoms with E-state index in [0.29, 0.717) is 45.4 Å². The van der Waals surface area contributed by atoms with E-state index in [-0.39, 0.29) is 11.4 Å². The van der Waals surface area contributed by atoms with Crippen LogP contribution in [0.15, 0.2) is 62.8 Å². The number of nitrogens with zero attached hydrogens (tertiary/aromatic N) is 6. The zero-order chi connectivity index (χ0) is 25.7. The molecule has 4 aromatic rings. The van der Waals surface area contributed by atoms with Crippen molar-refractivity contribution in [1.29, 1.82) is 10.5 Å². The number of rotatable bonds is 7. The average molecular weight is 491 g/mol. The lowest BCUT2D eigenvalue weighted by atomic mass is 10.2. The van der Waals surface area contributed by atoms with Crippen LogP contribution < -0.4 is 0 Å². The number of hydrogen-bond acceptors (Lipinski definition) is 6. The van der Waals surface area contributed by atoms with Gasteiger partial charge in [0.05, 0.1) is 36.7 Å². The Morgan fingerprint density at radius 3 is 2.22 bits per heavy atom. The predicted molar refractivity (Wildman–Crippen MR) is 136 cm³/mol. The fraction of sp³-hybridized carbons (Fsp3) is 0.148. The highest BCUT2D eigenvalue weighted by atomic mass is 32.1. The van der Waals surface area contributed by atoms with Gasteiger partial charge in [0.2, 0.25) is 0 Å². The van der Waals surface area contributed by atoms with E-state index < -0.39 is 0 Å². The molecule has 0 aliphatic rings. The summed E-state index contributed by atoms with van der Waals surface area (Å²) in [7, 11) is 0. The first kappa shape index (κ1) is 24.0. The van der Waals surface area contributed by atoms with Crippen molar-refractivity contribution in [2.75, 3.05) is 0 Å². The molecule has 0 atom stereocenters. The third kappa shape index (κ3) is 5.03. The second kappa shape index (κ2) is 10.5. The SMILES string of the molecule is [C-]#[N+]/C(C#N)=C\c1cnc(-c2ccc(-c3ccc(-c4ccc(/C=C(\C#N)[N+]#[C-])o4)n3CC(C)C)o2)s1. The first-order valence-corrected chi connectivity index (χ1v) is 11.6. The molecule has 174 valence electrons. The molecule has 4 heterocycles. The van der Waals surface area contributed by atoms with Crippen LogP contribution in [0, 0.1) is 41.7 Å². The molecule has 4 rings (SSSR count). The van der Waals surface area contributed by atoms with Crippen LogP contribution in [0.4, 0.5) is 0 Å². The lowest BCUT2D eigenvalue weighted by Gasteiger charge is -2.13. The minimum absolute atomic E-state index is 0.00103. The van der Waals surface area contributed by atoms with Gasteiger partial charge in [0.1, 0.15) is 5.76 Å². The Labute approximate surface area is 211 Å². The van der Waals surface area contributed by atoms with Gasteiger partial charge in [-0.15, -0.1) is 11.3 Å². The molecule has 0 saturated carbocycles. The summed E-state index contributed by atoms with van der Waals surface area (Å²) in [6.07, 6.45) is 4.53. The quantitative estimate of drug-likeness (QED) is 0.199. The number of aromatic nitrogens is 2. The molecule has 0 spiro atoms. The minimum atomic E-state index is -0.0453. The molecule has 0 bridgehead atoms. The second-order valence-corrected chi connectivity index (χ2v) is 9.11. The Balaban J connectivity index is 1.69. The second-order valence-electron chi connectivity index (χ2n) is 8.05. The van der Waals surface area contributed by atoms with Crippen LogP contribution in [0.1, 0.15) is 24.5 Å². The third-order valence-corrected chi connectivity index (χ3v) is 5.99. The number of nitriles is 2. The fourth-order valence-corrected chi connectivity index (χ4v) is 4.35. The molecular weight excluding hydrogens is 472 g/mol. The molecule has 8 nitrogen and oxygen atoms in total. The van der Waals surface area contributed by atoms with Crippen molar-refractivity contribution in [1.82, 2.24) is 9.55 Å². The van der Waals surface area contributed by atoms with E-state index in [1.54, 1.807) is 12.3 Å². The first-order chi connectivity index (χ1) is 17.4. The zero-order valence-electron chi connectivity index (χ0n) is 19.4. The Morgan fingerprint density at radius 2 is 1.58 bits per heavy atom. The van der Waals surface area contributed by atoms with Gasteiger partial charge in [-0.2, -0.15) is 0 Å². The lowest BCUT2D eigenvalue weighted by molar-refractivity contribution is 0.510. The van der Waals surface area contributed by atoms with Gasteiger partial charge in [0.25, 0.3) is 11.4 Å². The van der Waals surface area contributed by atoms with Crippen LogP contribution >= 0.6 is 11.3 Å². The maximum absolute atomic E-state index is 9.01. The minimum Gasteiger partial charge on any atom is -0.456 e. The molecule has 0 aromatic carbocycles. The maximum Gasteiger partial charge on any atom is 0.265 e. The van der Waals surface area contributed by atoms with Crippen LogP contribution in [0.5, 0.6) is 0 Å². The monoisotopic (exact) mass is 490 g/mol. The van der Waals surface area contributed by atoms with E-state index in [1.807, 2.05) is 42.5 Å². The van der Waals surface area contributed by atoms with Crippen LogP contribution in [-0.2, 0) is 6.54 Å². The molecular formula is C27H18N6O2S. The standard InChI is InChI=1S/C27H18N6O2S/c1-17(2)16-33-22(24-8-5-20(34-24)11-18(13-28)30-3)6-7-23(33)25-9-10-26(35-25)27-32-15-21(36-27)12-19(14-29)31-4/h5-12,15,17H,16H2,1-2H3/b18-11+,19-12-. The first-order valence-electron chi connectivity index (χ1n) is 10.8. The number of thiazole rings is 1. The Morgan fingerprint density at radius 1 is 0.972 bits per heavy atom. The zero-order valence-corrected chi connectivity index (χ0v) is 20.2. The van der Waals surface area contributed by atoms with Crippen LogP contribution in [-0.4, -0.2) is 9.55 Å². The van der Waals surface area contributed by atoms with Gasteiger partial charge in [0, 0.05) is 17.6 Å². The van der Waals surface area contributed by atoms with Gasteiger partial charge in [-0.3, -0.25) is 0 Å². The van der Waals surface area contributed by atoms with Crippen molar-refractivity contribution < 1.29 is 8.83 Å². The molecule has 0 radical (unpaired) electrons.